The molecule has 0 aliphatic rings. The lowest BCUT2D eigenvalue weighted by molar-refractivity contribution is -0.142. The van der Waals surface area contributed by atoms with Crippen molar-refractivity contribution in [2.45, 2.75) is 20.8 Å². The van der Waals surface area contributed by atoms with E-state index in [1.54, 1.807) is 0 Å². The van der Waals surface area contributed by atoms with Crippen LogP contribution >= 0.6 is 0 Å². The molecular weight excluding hydrogens is 192 g/mol. The minimum Gasteiger partial charge on any atom is -0.465 e. The van der Waals surface area contributed by atoms with Crippen molar-refractivity contribution in [3.05, 3.63) is 0 Å². The van der Waals surface area contributed by atoms with Crippen LogP contribution in [0, 0.1) is 11.8 Å². The highest BCUT2D eigenvalue weighted by Crippen LogP contribution is 2.09. The van der Waals surface area contributed by atoms with Crippen LogP contribution in [0.4, 0.5) is 0 Å². The van der Waals surface area contributed by atoms with E-state index in [-0.39, 0.29) is 5.92 Å². The van der Waals surface area contributed by atoms with Gasteiger partial charge in [0.05, 0.1) is 6.61 Å². The van der Waals surface area contributed by atoms with Crippen LogP contribution in [0.5, 0.6) is 0 Å². The van der Waals surface area contributed by atoms with E-state index in [0.717, 1.165) is 0 Å². The lowest BCUT2D eigenvalue weighted by Gasteiger charge is -2.14. The molecule has 78 valence electrons. The van der Waals surface area contributed by atoms with Gasteiger partial charge in [0.1, 0.15) is 5.75 Å². The summed E-state index contributed by atoms with van der Waals surface area (Å²) in [7, 11) is 0. The standard InChI is InChI=1S/C8H16O4S/c1-6(2)7(3)4-12-8(9)5-13(10)11/h6-7H,4-5H2,1-3H3,(H,10,11). The summed E-state index contributed by atoms with van der Waals surface area (Å²) in [6.45, 7) is 6.34. The third-order valence-electron chi connectivity index (χ3n) is 1.89. The predicted octanol–water partition coefficient (Wildman–Crippen LogP) is 1.04. The Kier molecular flexibility index (Phi) is 5.90. The summed E-state index contributed by atoms with van der Waals surface area (Å²) in [5.74, 6) is -0.345. The highest BCUT2D eigenvalue weighted by molar-refractivity contribution is 7.80. The minimum atomic E-state index is -2.10. The number of carbonyl (C=O) groups is 1. The third-order valence-corrected chi connectivity index (χ3v) is 2.37. The van der Waals surface area contributed by atoms with E-state index in [2.05, 4.69) is 0 Å². The maximum absolute atomic E-state index is 10.8. The zero-order valence-electron chi connectivity index (χ0n) is 8.15. The molecule has 0 heterocycles. The molecule has 0 aromatic rings. The second kappa shape index (κ2) is 6.10. The van der Waals surface area contributed by atoms with Crippen molar-refractivity contribution in [3.63, 3.8) is 0 Å². The Morgan fingerprint density at radius 2 is 2.00 bits per heavy atom. The van der Waals surface area contributed by atoms with Gasteiger partial charge < -0.3 is 9.29 Å². The van der Waals surface area contributed by atoms with Crippen molar-refractivity contribution < 1.29 is 18.3 Å². The fraction of sp³-hybridized carbons (Fsp3) is 0.875. The Hall–Kier alpha value is -0.420. The Labute approximate surface area is 80.9 Å². The summed E-state index contributed by atoms with van der Waals surface area (Å²) in [6.07, 6.45) is 0. The number of esters is 1. The summed E-state index contributed by atoms with van der Waals surface area (Å²) in [4.78, 5) is 10.8. The molecule has 0 aliphatic carbocycles. The SMILES string of the molecule is CC(C)C(C)COC(=O)CS(=O)O. The minimum absolute atomic E-state index is 0.274. The van der Waals surface area contributed by atoms with Crippen LogP contribution in [0.15, 0.2) is 0 Å². The zero-order chi connectivity index (χ0) is 10.4. The van der Waals surface area contributed by atoms with Crippen molar-refractivity contribution in [1.29, 1.82) is 0 Å². The van der Waals surface area contributed by atoms with E-state index in [9.17, 15) is 9.00 Å². The molecule has 0 rings (SSSR count). The van der Waals surface area contributed by atoms with Crippen LogP contribution in [-0.2, 0) is 20.6 Å². The molecule has 0 fully saturated rings. The van der Waals surface area contributed by atoms with Crippen LogP contribution in [0.2, 0.25) is 0 Å². The number of carbonyl (C=O) groups excluding carboxylic acids is 1. The molecule has 0 bridgehead atoms. The average molecular weight is 208 g/mol. The molecule has 13 heavy (non-hydrogen) atoms. The second-order valence-corrected chi connectivity index (χ2v) is 4.30. The maximum Gasteiger partial charge on any atom is 0.320 e. The number of rotatable bonds is 5. The van der Waals surface area contributed by atoms with Gasteiger partial charge >= 0.3 is 5.97 Å². The normalized spacial score (nSPS) is 15.5. The van der Waals surface area contributed by atoms with Gasteiger partial charge in [-0.3, -0.25) is 4.79 Å². The molecule has 0 radical (unpaired) electrons. The molecule has 5 heteroatoms. The third kappa shape index (κ3) is 6.72. The van der Waals surface area contributed by atoms with Gasteiger partial charge in [-0.2, -0.15) is 0 Å². The Bertz CT molecular complexity index is 191. The smallest absolute Gasteiger partial charge is 0.320 e. The number of hydrogen-bond donors (Lipinski definition) is 1. The largest absolute Gasteiger partial charge is 0.465 e. The van der Waals surface area contributed by atoms with Gasteiger partial charge in [0.25, 0.3) is 0 Å². The van der Waals surface area contributed by atoms with Gasteiger partial charge in [0.15, 0.2) is 11.1 Å². The molecule has 0 aromatic heterocycles. The molecule has 0 aliphatic heterocycles. The monoisotopic (exact) mass is 208 g/mol. The van der Waals surface area contributed by atoms with Crippen molar-refractivity contribution in [2.24, 2.45) is 11.8 Å². The van der Waals surface area contributed by atoms with Gasteiger partial charge in [0.2, 0.25) is 0 Å². The molecule has 0 amide bonds. The lowest BCUT2D eigenvalue weighted by atomic mass is 9.99. The lowest BCUT2D eigenvalue weighted by Crippen LogP contribution is -2.19. The van der Waals surface area contributed by atoms with Gasteiger partial charge in [0, 0.05) is 0 Å². The number of ether oxygens (including phenoxy) is 1. The fourth-order valence-corrected chi connectivity index (χ4v) is 0.844. The van der Waals surface area contributed by atoms with E-state index in [0.29, 0.717) is 12.5 Å². The zero-order valence-corrected chi connectivity index (χ0v) is 8.97. The molecule has 1 N–H and O–H groups in total. The van der Waals surface area contributed by atoms with E-state index >= 15 is 0 Å². The van der Waals surface area contributed by atoms with Gasteiger partial charge in [-0.1, -0.05) is 20.8 Å². The van der Waals surface area contributed by atoms with Crippen LogP contribution in [0.1, 0.15) is 20.8 Å². The summed E-state index contributed by atoms with van der Waals surface area (Å²) in [6, 6.07) is 0. The molecule has 0 saturated heterocycles. The van der Waals surface area contributed by atoms with Crippen molar-refractivity contribution >= 4 is 17.0 Å². The molecule has 4 nitrogen and oxygen atoms in total. The molecular formula is C8H16O4S. The number of hydrogen-bond acceptors (Lipinski definition) is 3. The highest BCUT2D eigenvalue weighted by atomic mass is 32.2. The van der Waals surface area contributed by atoms with Crippen LogP contribution in [0.3, 0.4) is 0 Å². The summed E-state index contributed by atoms with van der Waals surface area (Å²) in [5.41, 5.74) is 0. The first-order valence-electron chi connectivity index (χ1n) is 4.16. The summed E-state index contributed by atoms with van der Waals surface area (Å²) < 4.78 is 23.4. The summed E-state index contributed by atoms with van der Waals surface area (Å²) >= 11 is -2.10. The van der Waals surface area contributed by atoms with E-state index in [1.165, 1.54) is 0 Å². The topological polar surface area (TPSA) is 63.6 Å². The van der Waals surface area contributed by atoms with Crippen molar-refractivity contribution in [3.8, 4) is 0 Å². The highest BCUT2D eigenvalue weighted by Gasteiger charge is 2.11. The molecule has 0 saturated carbocycles. The first-order chi connectivity index (χ1) is 5.93. The van der Waals surface area contributed by atoms with Gasteiger partial charge in [-0.05, 0) is 11.8 Å². The Morgan fingerprint density at radius 3 is 2.38 bits per heavy atom. The Balaban J connectivity index is 3.64. The van der Waals surface area contributed by atoms with E-state index in [4.69, 9.17) is 9.29 Å². The average Bonchev–Trinajstić information content (AvgIpc) is 1.98. The maximum atomic E-state index is 10.8. The first kappa shape index (κ1) is 12.6. The Morgan fingerprint density at radius 1 is 1.46 bits per heavy atom. The van der Waals surface area contributed by atoms with Gasteiger partial charge in [-0.25, -0.2) is 4.21 Å². The van der Waals surface area contributed by atoms with Gasteiger partial charge in [-0.15, -0.1) is 0 Å². The molecule has 0 spiro atoms. The van der Waals surface area contributed by atoms with E-state index < -0.39 is 22.8 Å². The second-order valence-electron chi connectivity index (χ2n) is 3.37. The molecule has 2 unspecified atom stereocenters. The summed E-state index contributed by atoms with van der Waals surface area (Å²) in [5, 5.41) is 0. The van der Waals surface area contributed by atoms with E-state index in [1.807, 2.05) is 20.8 Å². The van der Waals surface area contributed by atoms with Crippen molar-refractivity contribution in [1.82, 2.24) is 0 Å². The quantitative estimate of drug-likeness (QED) is 0.541. The van der Waals surface area contributed by atoms with Crippen molar-refractivity contribution in [2.75, 3.05) is 12.4 Å². The molecule has 0 aromatic carbocycles. The van der Waals surface area contributed by atoms with Crippen LogP contribution in [0.25, 0.3) is 0 Å². The van der Waals surface area contributed by atoms with Crippen LogP contribution < -0.4 is 0 Å². The van der Waals surface area contributed by atoms with Crippen LogP contribution in [-0.4, -0.2) is 27.1 Å². The first-order valence-corrected chi connectivity index (χ1v) is 5.44. The fourth-order valence-electron chi connectivity index (χ4n) is 0.559. The predicted molar refractivity (Wildman–Crippen MR) is 50.6 cm³/mol. The molecule has 2 atom stereocenters.